The number of piperidine rings is 2. The van der Waals surface area contributed by atoms with Gasteiger partial charge in [0.25, 0.3) is 0 Å². The van der Waals surface area contributed by atoms with Crippen LogP contribution in [0.2, 0.25) is 0 Å². The van der Waals surface area contributed by atoms with Crippen molar-refractivity contribution < 1.29 is 9.53 Å². The van der Waals surface area contributed by atoms with Gasteiger partial charge in [0.15, 0.2) is 0 Å². The maximum absolute atomic E-state index is 12.2. The third-order valence-corrected chi connectivity index (χ3v) is 11.0. The zero-order valence-corrected chi connectivity index (χ0v) is 23.3. The number of carbonyl (C=O) groups is 1. The predicted octanol–water partition coefficient (Wildman–Crippen LogP) is 6.26. The van der Waals surface area contributed by atoms with E-state index in [2.05, 4.69) is 38.6 Å². The molecular formula is C32H46N4O2. The molecule has 5 aliphatic rings. The molecule has 7 rings (SSSR count). The van der Waals surface area contributed by atoms with Gasteiger partial charge < -0.3 is 9.30 Å². The zero-order valence-electron chi connectivity index (χ0n) is 23.3. The van der Waals surface area contributed by atoms with E-state index >= 15 is 0 Å². The zero-order chi connectivity index (χ0) is 25.6. The predicted molar refractivity (Wildman–Crippen MR) is 150 cm³/mol. The summed E-state index contributed by atoms with van der Waals surface area (Å²) in [5, 5.41) is 0. The topological polar surface area (TPSA) is 50.6 Å². The molecule has 206 valence electrons. The summed E-state index contributed by atoms with van der Waals surface area (Å²) >= 11 is 0. The third kappa shape index (κ3) is 4.60. The normalized spacial score (nSPS) is 36.3. The number of ether oxygens (including phenoxy) is 1. The van der Waals surface area contributed by atoms with E-state index in [9.17, 15) is 4.79 Å². The van der Waals surface area contributed by atoms with Gasteiger partial charge in [-0.15, -0.1) is 0 Å². The quantitative estimate of drug-likeness (QED) is 0.437. The van der Waals surface area contributed by atoms with Crippen LogP contribution in [-0.2, 0) is 9.53 Å². The van der Waals surface area contributed by atoms with E-state index in [-0.39, 0.29) is 12.0 Å². The Balaban J connectivity index is 1.19. The summed E-state index contributed by atoms with van der Waals surface area (Å²) in [4.78, 5) is 22.9. The standard InChI is InChI=1S/C32H46N4O2/c1-38-31(37)21-34-15-7-14-30(34)32-33-28-12-4-5-13-29(28)36(32)27-19-24-10-6-11-25(20-27)35(24)26-17-22-8-2-3-9-23(16-22)18-26/h4-5,12-13,22-27,30H,2-3,6-11,14-21H2,1H3. The number of nitrogens with zero attached hydrogens (tertiary/aromatic N) is 4. The van der Waals surface area contributed by atoms with Crippen molar-refractivity contribution in [3.05, 3.63) is 30.1 Å². The molecule has 0 amide bonds. The van der Waals surface area contributed by atoms with Gasteiger partial charge in [0.1, 0.15) is 5.82 Å². The van der Waals surface area contributed by atoms with Crippen LogP contribution < -0.4 is 0 Å². The fourth-order valence-electron chi connectivity index (χ4n) is 9.53. The Morgan fingerprint density at radius 2 is 1.58 bits per heavy atom. The molecule has 5 unspecified atom stereocenters. The van der Waals surface area contributed by atoms with Gasteiger partial charge in [0.05, 0.1) is 30.7 Å². The maximum Gasteiger partial charge on any atom is 0.319 e. The second-order valence-corrected chi connectivity index (χ2v) is 13.2. The Morgan fingerprint density at radius 1 is 0.842 bits per heavy atom. The Morgan fingerprint density at radius 3 is 2.32 bits per heavy atom. The number of benzene rings is 1. The molecule has 5 atom stereocenters. The monoisotopic (exact) mass is 518 g/mol. The van der Waals surface area contributed by atoms with E-state index in [0.717, 1.165) is 42.8 Å². The molecule has 2 aromatic rings. The molecule has 3 aliphatic heterocycles. The van der Waals surface area contributed by atoms with Crippen molar-refractivity contribution in [2.45, 2.75) is 120 Å². The number of methoxy groups -OCH3 is 1. The van der Waals surface area contributed by atoms with Crippen molar-refractivity contribution in [2.75, 3.05) is 20.2 Å². The van der Waals surface area contributed by atoms with Gasteiger partial charge in [-0.1, -0.05) is 44.2 Å². The first-order chi connectivity index (χ1) is 18.7. The first-order valence-electron chi connectivity index (χ1n) is 15.7. The van der Waals surface area contributed by atoms with Crippen molar-refractivity contribution in [1.82, 2.24) is 19.4 Å². The summed E-state index contributed by atoms with van der Waals surface area (Å²) in [5.74, 6) is 3.00. The number of fused-ring (bicyclic) bond motifs is 5. The van der Waals surface area contributed by atoms with Crippen LogP contribution in [0.15, 0.2) is 24.3 Å². The van der Waals surface area contributed by atoms with E-state index in [1.165, 1.54) is 95.5 Å². The summed E-state index contributed by atoms with van der Waals surface area (Å²) in [6, 6.07) is 11.7. The fourth-order valence-corrected chi connectivity index (χ4v) is 9.53. The summed E-state index contributed by atoms with van der Waals surface area (Å²) in [6.07, 6.45) is 19.1. The number of carbonyl (C=O) groups excluding carboxylic acids is 1. The van der Waals surface area contributed by atoms with Crippen LogP contribution in [0.3, 0.4) is 0 Å². The molecule has 5 fully saturated rings. The molecule has 3 saturated heterocycles. The minimum atomic E-state index is -0.143. The van der Waals surface area contributed by atoms with Gasteiger partial charge in [-0.05, 0) is 88.3 Å². The van der Waals surface area contributed by atoms with Gasteiger partial charge in [0.2, 0.25) is 0 Å². The van der Waals surface area contributed by atoms with Crippen molar-refractivity contribution in [2.24, 2.45) is 11.8 Å². The lowest BCUT2D eigenvalue weighted by Crippen LogP contribution is -2.58. The van der Waals surface area contributed by atoms with Crippen molar-refractivity contribution >= 4 is 17.0 Å². The molecular weight excluding hydrogens is 472 g/mol. The van der Waals surface area contributed by atoms with Crippen LogP contribution in [0.25, 0.3) is 11.0 Å². The van der Waals surface area contributed by atoms with Gasteiger partial charge in [-0.25, -0.2) is 4.98 Å². The maximum atomic E-state index is 12.2. The largest absolute Gasteiger partial charge is 0.468 e. The van der Waals surface area contributed by atoms with Gasteiger partial charge >= 0.3 is 5.97 Å². The first-order valence-corrected chi connectivity index (χ1v) is 15.7. The third-order valence-electron chi connectivity index (χ3n) is 11.0. The van der Waals surface area contributed by atoms with Crippen molar-refractivity contribution in [3.63, 3.8) is 0 Å². The summed E-state index contributed by atoms with van der Waals surface area (Å²) < 4.78 is 7.68. The summed E-state index contributed by atoms with van der Waals surface area (Å²) in [5.41, 5.74) is 2.39. The highest BCUT2D eigenvalue weighted by Crippen LogP contribution is 2.48. The molecule has 1 aromatic carbocycles. The Bertz CT molecular complexity index is 1120. The smallest absolute Gasteiger partial charge is 0.319 e. The number of esters is 1. The van der Waals surface area contributed by atoms with E-state index in [4.69, 9.17) is 9.72 Å². The van der Waals surface area contributed by atoms with E-state index in [0.29, 0.717) is 24.7 Å². The molecule has 0 spiro atoms. The molecule has 6 nitrogen and oxygen atoms in total. The highest BCUT2D eigenvalue weighted by molar-refractivity contribution is 5.76. The lowest BCUT2D eigenvalue weighted by atomic mass is 9.73. The average Bonchev–Trinajstić information content (AvgIpc) is 3.49. The summed E-state index contributed by atoms with van der Waals surface area (Å²) in [7, 11) is 1.50. The Hall–Kier alpha value is -1.92. The molecule has 1 aromatic heterocycles. The number of likely N-dealkylation sites (tertiary alicyclic amines) is 1. The number of hydrogen-bond acceptors (Lipinski definition) is 5. The van der Waals surface area contributed by atoms with Gasteiger partial charge in [0, 0.05) is 24.2 Å². The molecule has 4 heterocycles. The molecule has 6 heteroatoms. The van der Waals surface area contributed by atoms with E-state index in [1.54, 1.807) is 0 Å². The van der Waals surface area contributed by atoms with Crippen LogP contribution >= 0.6 is 0 Å². The second kappa shape index (κ2) is 10.6. The highest BCUT2D eigenvalue weighted by Gasteiger charge is 2.46. The average molecular weight is 519 g/mol. The van der Waals surface area contributed by atoms with E-state index < -0.39 is 0 Å². The number of rotatable bonds is 5. The number of imidazole rings is 1. The van der Waals surface area contributed by atoms with Crippen LogP contribution in [0.5, 0.6) is 0 Å². The second-order valence-electron chi connectivity index (χ2n) is 13.2. The molecule has 4 bridgehead atoms. The molecule has 0 radical (unpaired) electrons. The minimum absolute atomic E-state index is 0.143. The van der Waals surface area contributed by atoms with Gasteiger partial charge in [-0.2, -0.15) is 0 Å². The first kappa shape index (κ1) is 25.1. The number of aromatic nitrogens is 2. The minimum Gasteiger partial charge on any atom is -0.468 e. The lowest BCUT2D eigenvalue weighted by molar-refractivity contribution is -0.142. The number of hydrogen-bond donors (Lipinski definition) is 0. The fraction of sp³-hybridized carbons (Fsp3) is 0.750. The summed E-state index contributed by atoms with van der Waals surface area (Å²) in [6.45, 7) is 1.30. The Labute approximate surface area is 228 Å². The van der Waals surface area contributed by atoms with Crippen LogP contribution in [-0.4, -0.2) is 63.6 Å². The molecule has 0 N–H and O–H groups in total. The van der Waals surface area contributed by atoms with Crippen LogP contribution in [0.4, 0.5) is 0 Å². The number of para-hydroxylation sites is 2. The van der Waals surface area contributed by atoms with Crippen molar-refractivity contribution in [3.8, 4) is 0 Å². The molecule has 38 heavy (non-hydrogen) atoms. The van der Waals surface area contributed by atoms with Gasteiger partial charge in [-0.3, -0.25) is 14.6 Å². The van der Waals surface area contributed by atoms with Crippen molar-refractivity contribution in [1.29, 1.82) is 0 Å². The molecule has 2 saturated carbocycles. The van der Waals surface area contributed by atoms with E-state index in [1.807, 2.05) is 0 Å². The lowest BCUT2D eigenvalue weighted by Gasteiger charge is -2.55. The molecule has 2 aliphatic carbocycles. The Kier molecular flexibility index (Phi) is 6.98. The SMILES string of the molecule is COC(=O)CN1CCCC1c1nc2ccccc2n1C1CC2CCCC(C1)N2C1CC2CCCCC(C2)C1. The highest BCUT2D eigenvalue weighted by atomic mass is 16.5. The van der Waals surface area contributed by atoms with Crippen LogP contribution in [0.1, 0.15) is 108 Å². The van der Waals surface area contributed by atoms with Crippen LogP contribution in [0, 0.1) is 11.8 Å².